The van der Waals surface area contributed by atoms with E-state index in [-0.39, 0.29) is 29.7 Å². The molecule has 4 aliphatic rings. The second kappa shape index (κ2) is 12.5. The number of hydrogen-bond acceptors (Lipinski definition) is 4. The van der Waals surface area contributed by atoms with Crippen molar-refractivity contribution in [3.05, 3.63) is 71.8 Å². The zero-order valence-electron chi connectivity index (χ0n) is 26.2. The standard InChI is InChI=1S/C37H50N2O4/c1-25(38-34(40)42-23-26-10-6-4-7-11-26)31-16-17-32-30-15-14-28-22-29(39-35(41)43-24-27-12-8-5-9-13-27)18-20-36(28,2)33(30)19-21-37(31,32)3/h4-13,25,28-33H,14-24H2,1-3H3,(H,38,40)(H,39,41). The number of carbonyl (C=O) groups is 2. The van der Waals surface area contributed by atoms with Gasteiger partial charge < -0.3 is 20.1 Å². The van der Waals surface area contributed by atoms with Crippen LogP contribution in [0.1, 0.15) is 89.7 Å². The first kappa shape index (κ1) is 30.0. The SMILES string of the molecule is CC(NC(=O)OCc1ccccc1)C1CCC2C3CCC4CC(NC(=O)OCc5ccccc5)CCC4(C)C3CCC12C. The largest absolute Gasteiger partial charge is 0.445 e. The summed E-state index contributed by atoms with van der Waals surface area (Å²) in [6, 6.07) is 20.1. The number of amides is 2. The Bertz CT molecular complexity index is 1250. The Morgan fingerprint density at radius 3 is 2.05 bits per heavy atom. The molecule has 6 nitrogen and oxygen atoms in total. The number of nitrogens with one attached hydrogen (secondary N) is 2. The van der Waals surface area contributed by atoms with E-state index in [0.29, 0.717) is 30.5 Å². The highest BCUT2D eigenvalue weighted by Gasteiger charge is 2.60. The van der Waals surface area contributed by atoms with E-state index in [4.69, 9.17) is 9.47 Å². The molecule has 2 amide bonds. The molecule has 0 spiro atoms. The van der Waals surface area contributed by atoms with Crippen molar-refractivity contribution in [1.82, 2.24) is 10.6 Å². The fraction of sp³-hybridized carbons (Fsp3) is 0.622. The highest BCUT2D eigenvalue weighted by molar-refractivity contribution is 5.68. The molecule has 6 rings (SSSR count). The molecule has 6 heteroatoms. The molecular weight excluding hydrogens is 536 g/mol. The number of fused-ring (bicyclic) bond motifs is 5. The number of hydrogen-bond donors (Lipinski definition) is 2. The first-order valence-electron chi connectivity index (χ1n) is 16.7. The maximum absolute atomic E-state index is 12.7. The second-order valence-electron chi connectivity index (χ2n) is 14.6. The van der Waals surface area contributed by atoms with Gasteiger partial charge in [-0.1, -0.05) is 74.5 Å². The molecule has 43 heavy (non-hydrogen) atoms. The van der Waals surface area contributed by atoms with Gasteiger partial charge in [-0.3, -0.25) is 0 Å². The van der Waals surface area contributed by atoms with Crippen LogP contribution in [0.2, 0.25) is 0 Å². The van der Waals surface area contributed by atoms with Crippen molar-refractivity contribution in [2.75, 3.05) is 0 Å². The van der Waals surface area contributed by atoms with E-state index < -0.39 is 0 Å². The molecule has 0 bridgehead atoms. The maximum Gasteiger partial charge on any atom is 0.407 e. The second-order valence-corrected chi connectivity index (χ2v) is 14.6. The first-order valence-corrected chi connectivity index (χ1v) is 16.7. The Kier molecular flexibility index (Phi) is 8.75. The predicted molar refractivity (Wildman–Crippen MR) is 168 cm³/mol. The molecular formula is C37H50N2O4. The van der Waals surface area contributed by atoms with Gasteiger partial charge in [0.05, 0.1) is 0 Å². The fourth-order valence-corrected chi connectivity index (χ4v) is 10.2. The van der Waals surface area contributed by atoms with Gasteiger partial charge >= 0.3 is 12.2 Å². The van der Waals surface area contributed by atoms with Crippen LogP contribution in [-0.2, 0) is 22.7 Å². The van der Waals surface area contributed by atoms with Gasteiger partial charge in [-0.2, -0.15) is 0 Å². The van der Waals surface area contributed by atoms with Gasteiger partial charge in [-0.15, -0.1) is 0 Å². The summed E-state index contributed by atoms with van der Waals surface area (Å²) in [6.07, 6.45) is 10.2. The lowest BCUT2D eigenvalue weighted by Gasteiger charge is -2.61. The highest BCUT2D eigenvalue weighted by atomic mass is 16.6. The predicted octanol–water partition coefficient (Wildman–Crippen LogP) is 8.26. The molecule has 232 valence electrons. The van der Waals surface area contributed by atoms with E-state index in [1.165, 1.54) is 44.9 Å². The highest BCUT2D eigenvalue weighted by Crippen LogP contribution is 2.67. The van der Waals surface area contributed by atoms with Crippen LogP contribution in [0.4, 0.5) is 9.59 Å². The fourth-order valence-electron chi connectivity index (χ4n) is 10.2. The summed E-state index contributed by atoms with van der Waals surface area (Å²) in [5.41, 5.74) is 2.63. The molecule has 0 heterocycles. The maximum atomic E-state index is 12.7. The average molecular weight is 587 g/mol. The average Bonchev–Trinajstić information content (AvgIpc) is 3.37. The lowest BCUT2D eigenvalue weighted by atomic mass is 9.44. The zero-order chi connectivity index (χ0) is 30.0. The van der Waals surface area contributed by atoms with E-state index in [1.54, 1.807) is 0 Å². The summed E-state index contributed by atoms with van der Waals surface area (Å²) in [6.45, 7) is 7.90. The van der Waals surface area contributed by atoms with Crippen molar-refractivity contribution in [1.29, 1.82) is 0 Å². The van der Waals surface area contributed by atoms with Crippen molar-refractivity contribution in [3.63, 3.8) is 0 Å². The number of alkyl carbamates (subject to hydrolysis) is 2. The smallest absolute Gasteiger partial charge is 0.407 e. The van der Waals surface area contributed by atoms with Crippen LogP contribution in [-0.4, -0.2) is 24.3 Å². The minimum absolute atomic E-state index is 0.102. The van der Waals surface area contributed by atoms with E-state index >= 15 is 0 Å². The van der Waals surface area contributed by atoms with E-state index in [9.17, 15) is 9.59 Å². The van der Waals surface area contributed by atoms with E-state index in [2.05, 4.69) is 31.4 Å². The molecule has 2 N–H and O–H groups in total. The van der Waals surface area contributed by atoms with Crippen LogP contribution in [0, 0.1) is 40.4 Å². The molecule has 4 fully saturated rings. The summed E-state index contributed by atoms with van der Waals surface area (Å²) in [4.78, 5) is 25.3. The minimum Gasteiger partial charge on any atom is -0.445 e. The lowest BCUT2D eigenvalue weighted by Crippen LogP contribution is -2.56. The molecule has 4 aliphatic carbocycles. The van der Waals surface area contributed by atoms with Crippen LogP contribution in [0.25, 0.3) is 0 Å². The summed E-state index contributed by atoms with van der Waals surface area (Å²) < 4.78 is 11.1. The van der Waals surface area contributed by atoms with Crippen LogP contribution in [0.15, 0.2) is 60.7 Å². The number of carbonyl (C=O) groups excluding carboxylic acids is 2. The normalized spacial score (nSPS) is 35.4. The van der Waals surface area contributed by atoms with Gasteiger partial charge in [-0.05, 0) is 116 Å². The van der Waals surface area contributed by atoms with Gasteiger partial charge in [0.15, 0.2) is 0 Å². The van der Waals surface area contributed by atoms with Gasteiger partial charge in [0.25, 0.3) is 0 Å². The quantitative estimate of drug-likeness (QED) is 0.342. The Hall–Kier alpha value is -3.02. The zero-order valence-corrected chi connectivity index (χ0v) is 26.2. The van der Waals surface area contributed by atoms with E-state index in [1.807, 2.05) is 60.7 Å². The Balaban J connectivity index is 1.02. The molecule has 2 aromatic rings. The first-order chi connectivity index (χ1) is 20.8. The lowest BCUT2D eigenvalue weighted by molar-refractivity contribution is -0.115. The Morgan fingerprint density at radius 1 is 0.767 bits per heavy atom. The van der Waals surface area contributed by atoms with Crippen molar-refractivity contribution in [2.24, 2.45) is 40.4 Å². The molecule has 2 aromatic carbocycles. The van der Waals surface area contributed by atoms with Crippen LogP contribution in [0.3, 0.4) is 0 Å². The van der Waals surface area contributed by atoms with Crippen LogP contribution < -0.4 is 10.6 Å². The molecule has 0 radical (unpaired) electrons. The van der Waals surface area contributed by atoms with Gasteiger partial charge in [0.2, 0.25) is 0 Å². The number of rotatable bonds is 7. The third kappa shape index (κ3) is 6.17. The summed E-state index contributed by atoms with van der Waals surface area (Å²) in [7, 11) is 0. The minimum atomic E-state index is -0.306. The summed E-state index contributed by atoms with van der Waals surface area (Å²) >= 11 is 0. The Labute approximate surface area is 257 Å². The van der Waals surface area contributed by atoms with Crippen molar-refractivity contribution >= 4 is 12.2 Å². The number of benzene rings is 2. The van der Waals surface area contributed by atoms with Crippen LogP contribution >= 0.6 is 0 Å². The van der Waals surface area contributed by atoms with Crippen LogP contribution in [0.5, 0.6) is 0 Å². The molecule has 0 aliphatic heterocycles. The van der Waals surface area contributed by atoms with Crippen molar-refractivity contribution < 1.29 is 19.1 Å². The van der Waals surface area contributed by atoms with Crippen molar-refractivity contribution in [2.45, 2.75) is 104 Å². The van der Waals surface area contributed by atoms with Gasteiger partial charge in [0, 0.05) is 12.1 Å². The van der Waals surface area contributed by atoms with Crippen molar-refractivity contribution in [3.8, 4) is 0 Å². The molecule has 0 aromatic heterocycles. The summed E-state index contributed by atoms with van der Waals surface area (Å²) in [5, 5.41) is 6.41. The number of ether oxygens (including phenoxy) is 2. The molecule has 4 saturated carbocycles. The Morgan fingerprint density at radius 2 is 1.37 bits per heavy atom. The third-order valence-corrected chi connectivity index (χ3v) is 12.4. The van der Waals surface area contributed by atoms with Gasteiger partial charge in [0.1, 0.15) is 13.2 Å². The van der Waals surface area contributed by atoms with Gasteiger partial charge in [-0.25, -0.2) is 9.59 Å². The monoisotopic (exact) mass is 586 g/mol. The molecule has 0 saturated heterocycles. The third-order valence-electron chi connectivity index (χ3n) is 12.4. The molecule has 9 unspecified atom stereocenters. The van der Waals surface area contributed by atoms with E-state index in [0.717, 1.165) is 41.7 Å². The molecule has 9 atom stereocenters. The summed E-state index contributed by atoms with van der Waals surface area (Å²) in [5.74, 6) is 3.39. The topological polar surface area (TPSA) is 76.7 Å².